The predicted octanol–water partition coefficient (Wildman–Crippen LogP) is 2.52. The molecule has 120 valence electrons. The Morgan fingerprint density at radius 2 is 1.61 bits per heavy atom. The van der Waals surface area contributed by atoms with E-state index < -0.39 is 23.2 Å². The summed E-state index contributed by atoms with van der Waals surface area (Å²) in [5, 5.41) is 32.1. The third-order valence-electron chi connectivity index (χ3n) is 3.44. The Morgan fingerprint density at radius 3 is 2.13 bits per heavy atom. The number of amides is 1. The normalized spacial score (nSPS) is 11.3. The number of rotatable bonds is 4. The molecule has 0 atom stereocenters. The lowest BCUT2D eigenvalue weighted by atomic mass is 10.1. The Morgan fingerprint density at radius 1 is 1.04 bits per heavy atom. The molecule has 0 radical (unpaired) electrons. The number of aromatic hydroxyl groups is 3. The number of hydrazone groups is 1. The number of phenolic OH excluding ortho intramolecular Hbond substituents is 3. The van der Waals surface area contributed by atoms with Crippen LogP contribution in [0.2, 0.25) is 0 Å². The van der Waals surface area contributed by atoms with Crippen molar-refractivity contribution in [2.45, 2.75) is 20.3 Å². The van der Waals surface area contributed by atoms with Crippen molar-refractivity contribution in [1.82, 2.24) is 5.43 Å². The maximum Gasteiger partial charge on any atom is 0.271 e. The molecule has 0 aliphatic rings. The first kappa shape index (κ1) is 16.4. The summed E-state index contributed by atoms with van der Waals surface area (Å²) in [7, 11) is 0. The van der Waals surface area contributed by atoms with Gasteiger partial charge in [-0.2, -0.15) is 5.10 Å². The summed E-state index contributed by atoms with van der Waals surface area (Å²) < 4.78 is 0. The maximum absolute atomic E-state index is 12.0. The number of hydrogen-bond acceptors (Lipinski definition) is 5. The minimum atomic E-state index is -0.669. The van der Waals surface area contributed by atoms with Gasteiger partial charge in [-0.05, 0) is 36.6 Å². The molecule has 0 fully saturated rings. The Kier molecular flexibility index (Phi) is 4.85. The molecule has 0 unspecified atom stereocenters. The van der Waals surface area contributed by atoms with Gasteiger partial charge in [0.1, 0.15) is 0 Å². The molecule has 23 heavy (non-hydrogen) atoms. The van der Waals surface area contributed by atoms with Crippen molar-refractivity contribution in [3.05, 3.63) is 53.1 Å². The van der Waals surface area contributed by atoms with E-state index in [1.807, 2.05) is 24.3 Å². The lowest BCUT2D eigenvalue weighted by Gasteiger charge is -2.06. The molecular weight excluding hydrogens is 296 g/mol. The van der Waals surface area contributed by atoms with Crippen LogP contribution in [0.25, 0.3) is 0 Å². The van der Waals surface area contributed by atoms with Crippen molar-refractivity contribution in [3.63, 3.8) is 0 Å². The van der Waals surface area contributed by atoms with Crippen LogP contribution in [0, 0.1) is 0 Å². The summed E-state index contributed by atoms with van der Waals surface area (Å²) >= 11 is 0. The van der Waals surface area contributed by atoms with Gasteiger partial charge in [-0.15, -0.1) is 0 Å². The van der Waals surface area contributed by atoms with Crippen LogP contribution in [-0.2, 0) is 6.42 Å². The Hall–Kier alpha value is -3.02. The van der Waals surface area contributed by atoms with Gasteiger partial charge in [0.05, 0.1) is 5.71 Å². The van der Waals surface area contributed by atoms with Gasteiger partial charge in [-0.25, -0.2) is 5.43 Å². The molecule has 4 N–H and O–H groups in total. The third kappa shape index (κ3) is 3.79. The molecule has 0 aliphatic heterocycles. The predicted molar refractivity (Wildman–Crippen MR) is 86.9 cm³/mol. The number of nitrogens with zero attached hydrogens (tertiary/aromatic N) is 1. The third-order valence-corrected chi connectivity index (χ3v) is 3.44. The van der Waals surface area contributed by atoms with Gasteiger partial charge in [-0.3, -0.25) is 4.79 Å². The first-order valence-electron chi connectivity index (χ1n) is 7.11. The van der Waals surface area contributed by atoms with Crippen LogP contribution in [0.3, 0.4) is 0 Å². The average molecular weight is 314 g/mol. The fourth-order valence-corrected chi connectivity index (χ4v) is 1.98. The van der Waals surface area contributed by atoms with Crippen LogP contribution >= 0.6 is 0 Å². The highest BCUT2D eigenvalue weighted by molar-refractivity contribution is 6.01. The number of carbonyl (C=O) groups excluding carboxylic acids is 1. The molecule has 0 saturated carbocycles. The van der Waals surface area contributed by atoms with E-state index in [9.17, 15) is 20.1 Å². The van der Waals surface area contributed by atoms with Crippen molar-refractivity contribution in [2.24, 2.45) is 5.10 Å². The summed E-state index contributed by atoms with van der Waals surface area (Å²) in [6.07, 6.45) is 0.945. The van der Waals surface area contributed by atoms with E-state index in [4.69, 9.17) is 0 Å². The molecule has 2 aromatic rings. The van der Waals surface area contributed by atoms with Gasteiger partial charge in [0.2, 0.25) is 0 Å². The van der Waals surface area contributed by atoms with E-state index in [0.29, 0.717) is 5.71 Å². The van der Waals surface area contributed by atoms with Crippen LogP contribution < -0.4 is 5.43 Å². The summed E-state index contributed by atoms with van der Waals surface area (Å²) in [5.41, 5.74) is 5.03. The fraction of sp³-hybridized carbons (Fsp3) is 0.176. The highest BCUT2D eigenvalue weighted by Crippen LogP contribution is 2.35. The molecule has 6 heteroatoms. The lowest BCUT2D eigenvalue weighted by Crippen LogP contribution is -2.19. The van der Waals surface area contributed by atoms with Gasteiger partial charge < -0.3 is 15.3 Å². The minimum Gasteiger partial charge on any atom is -0.504 e. The van der Waals surface area contributed by atoms with Crippen molar-refractivity contribution < 1.29 is 20.1 Å². The van der Waals surface area contributed by atoms with Gasteiger partial charge in [0.25, 0.3) is 5.91 Å². The van der Waals surface area contributed by atoms with Crippen molar-refractivity contribution in [3.8, 4) is 17.2 Å². The van der Waals surface area contributed by atoms with Crippen molar-refractivity contribution >= 4 is 11.6 Å². The number of aryl methyl sites for hydroxylation is 1. The molecule has 2 rings (SSSR count). The minimum absolute atomic E-state index is 0.0179. The van der Waals surface area contributed by atoms with Crippen LogP contribution in [0.5, 0.6) is 17.2 Å². The zero-order chi connectivity index (χ0) is 17.0. The molecule has 0 heterocycles. The average Bonchev–Trinajstić information content (AvgIpc) is 2.56. The molecule has 0 aromatic heterocycles. The van der Waals surface area contributed by atoms with Crippen molar-refractivity contribution in [1.29, 1.82) is 0 Å². The topological polar surface area (TPSA) is 102 Å². The Bertz CT molecular complexity index is 729. The number of hydrogen-bond donors (Lipinski definition) is 4. The summed E-state index contributed by atoms with van der Waals surface area (Å²) in [5.74, 6) is -2.44. The molecule has 0 saturated heterocycles. The quantitative estimate of drug-likeness (QED) is 0.395. The largest absolute Gasteiger partial charge is 0.504 e. The number of benzene rings is 2. The second-order valence-corrected chi connectivity index (χ2v) is 5.05. The highest BCUT2D eigenvalue weighted by atomic mass is 16.3. The van der Waals surface area contributed by atoms with E-state index in [2.05, 4.69) is 17.5 Å². The van der Waals surface area contributed by atoms with E-state index in [1.165, 1.54) is 5.56 Å². The summed E-state index contributed by atoms with van der Waals surface area (Å²) in [4.78, 5) is 12.0. The lowest BCUT2D eigenvalue weighted by molar-refractivity contribution is 0.0954. The molecule has 0 spiro atoms. The first-order chi connectivity index (χ1) is 10.9. The molecule has 1 amide bonds. The number of nitrogens with one attached hydrogen (secondary N) is 1. The monoisotopic (exact) mass is 314 g/mol. The highest BCUT2D eigenvalue weighted by Gasteiger charge is 2.13. The fourth-order valence-electron chi connectivity index (χ4n) is 1.98. The second-order valence-electron chi connectivity index (χ2n) is 5.05. The number of carbonyl (C=O) groups is 1. The van der Waals surface area contributed by atoms with E-state index in [1.54, 1.807) is 6.92 Å². The first-order valence-corrected chi connectivity index (χ1v) is 7.11. The van der Waals surface area contributed by atoms with E-state index in [-0.39, 0.29) is 5.56 Å². The van der Waals surface area contributed by atoms with Crippen molar-refractivity contribution in [2.75, 3.05) is 0 Å². The Balaban J connectivity index is 2.13. The summed E-state index contributed by atoms with van der Waals surface area (Å²) in [6.45, 7) is 3.83. The maximum atomic E-state index is 12.0. The standard InChI is InChI=1S/C17H18N2O4/c1-3-11-4-6-12(7-5-11)10(2)18-19-17(23)13-8-14(20)16(22)15(21)9-13/h4-9,20-22H,3H2,1-2H3,(H,19,23). The second kappa shape index (κ2) is 6.83. The zero-order valence-electron chi connectivity index (χ0n) is 12.9. The summed E-state index contributed by atoms with van der Waals surface area (Å²) in [6, 6.07) is 9.92. The van der Waals surface area contributed by atoms with Crippen LogP contribution in [-0.4, -0.2) is 26.9 Å². The number of phenols is 3. The van der Waals surface area contributed by atoms with Gasteiger partial charge in [0, 0.05) is 5.56 Å². The van der Waals surface area contributed by atoms with Crippen LogP contribution in [0.4, 0.5) is 0 Å². The molecule has 0 bridgehead atoms. The zero-order valence-corrected chi connectivity index (χ0v) is 12.9. The molecule has 0 aliphatic carbocycles. The molecule has 2 aromatic carbocycles. The van der Waals surface area contributed by atoms with Crippen LogP contribution in [0.1, 0.15) is 35.3 Å². The van der Waals surface area contributed by atoms with Gasteiger partial charge >= 0.3 is 0 Å². The molecular formula is C17H18N2O4. The van der Waals surface area contributed by atoms with Crippen LogP contribution in [0.15, 0.2) is 41.5 Å². The van der Waals surface area contributed by atoms with E-state index in [0.717, 1.165) is 24.1 Å². The smallest absolute Gasteiger partial charge is 0.271 e. The van der Waals surface area contributed by atoms with Gasteiger partial charge in [-0.1, -0.05) is 31.2 Å². The van der Waals surface area contributed by atoms with Gasteiger partial charge in [0.15, 0.2) is 17.2 Å². The Labute approximate surface area is 133 Å². The van der Waals surface area contributed by atoms with E-state index >= 15 is 0 Å². The molecule has 6 nitrogen and oxygen atoms in total. The SMILES string of the molecule is CCc1ccc(C(C)=NNC(=O)c2cc(O)c(O)c(O)c2)cc1.